The number of amides is 1. The van der Waals surface area contributed by atoms with Gasteiger partial charge in [-0.15, -0.1) is 0 Å². The summed E-state index contributed by atoms with van der Waals surface area (Å²) < 4.78 is 11.0. The van der Waals surface area contributed by atoms with Crippen molar-refractivity contribution in [3.63, 3.8) is 0 Å². The van der Waals surface area contributed by atoms with Crippen molar-refractivity contribution in [2.45, 2.75) is 19.6 Å². The van der Waals surface area contributed by atoms with E-state index in [0.29, 0.717) is 28.3 Å². The van der Waals surface area contributed by atoms with Crippen molar-refractivity contribution in [1.82, 2.24) is 10.4 Å². The molecular formula is C17H17N3O5. The fourth-order valence-corrected chi connectivity index (χ4v) is 2.30. The fourth-order valence-electron chi connectivity index (χ4n) is 2.30. The molecule has 0 saturated carbocycles. The van der Waals surface area contributed by atoms with E-state index in [4.69, 9.17) is 9.47 Å². The molecule has 0 bridgehead atoms. The highest BCUT2D eigenvalue weighted by atomic mass is 16.6. The molecule has 25 heavy (non-hydrogen) atoms. The molecule has 0 spiro atoms. The van der Waals surface area contributed by atoms with E-state index < -0.39 is 12.0 Å². The van der Waals surface area contributed by atoms with Crippen molar-refractivity contribution in [2.75, 3.05) is 6.61 Å². The number of aromatic nitrogens is 1. The number of aliphatic hydroxyl groups excluding tert-OH is 1. The molecule has 8 heteroatoms. The van der Waals surface area contributed by atoms with Crippen LogP contribution in [0.4, 0.5) is 0 Å². The van der Waals surface area contributed by atoms with Crippen LogP contribution < -0.4 is 14.9 Å². The van der Waals surface area contributed by atoms with Gasteiger partial charge in [-0.2, -0.15) is 5.10 Å². The minimum absolute atomic E-state index is 0.0693. The number of fused-ring (bicyclic) bond motifs is 1. The quantitative estimate of drug-likeness (QED) is 0.561. The average Bonchev–Trinajstić information content (AvgIpc) is 2.64. The van der Waals surface area contributed by atoms with Gasteiger partial charge in [0, 0.05) is 17.3 Å². The van der Waals surface area contributed by atoms with Crippen LogP contribution in [0.15, 0.2) is 35.6 Å². The number of ether oxygens (including phenoxy) is 2. The lowest BCUT2D eigenvalue weighted by molar-refractivity contribution is -0.130. The largest absolute Gasteiger partial charge is 0.505 e. The van der Waals surface area contributed by atoms with E-state index in [0.717, 1.165) is 0 Å². The Labute approximate surface area is 143 Å². The second kappa shape index (κ2) is 7.18. The van der Waals surface area contributed by atoms with Gasteiger partial charge in [-0.05, 0) is 19.1 Å². The van der Waals surface area contributed by atoms with Crippen LogP contribution in [0.2, 0.25) is 0 Å². The highest BCUT2D eigenvalue weighted by Gasteiger charge is 2.27. The van der Waals surface area contributed by atoms with Crippen molar-refractivity contribution in [3.05, 3.63) is 47.3 Å². The molecule has 0 saturated heterocycles. The van der Waals surface area contributed by atoms with E-state index in [2.05, 4.69) is 15.5 Å². The lowest BCUT2D eigenvalue weighted by Gasteiger charge is -2.24. The summed E-state index contributed by atoms with van der Waals surface area (Å²) in [5, 5.41) is 23.1. The third-order valence-corrected chi connectivity index (χ3v) is 3.70. The normalized spacial score (nSPS) is 16.0. The molecule has 1 atom stereocenters. The zero-order valence-corrected chi connectivity index (χ0v) is 13.5. The van der Waals surface area contributed by atoms with Crippen LogP contribution in [0.25, 0.3) is 0 Å². The summed E-state index contributed by atoms with van der Waals surface area (Å²) in [4.78, 5) is 16.1. The minimum atomic E-state index is -0.836. The van der Waals surface area contributed by atoms with Gasteiger partial charge in [-0.1, -0.05) is 12.1 Å². The number of benzene rings is 1. The number of hydrogen-bond acceptors (Lipinski definition) is 7. The topological polar surface area (TPSA) is 113 Å². The molecule has 0 fully saturated rings. The van der Waals surface area contributed by atoms with Crippen molar-refractivity contribution in [1.29, 1.82) is 0 Å². The van der Waals surface area contributed by atoms with E-state index in [-0.39, 0.29) is 19.0 Å². The van der Waals surface area contributed by atoms with Crippen LogP contribution in [0, 0.1) is 6.92 Å². The Morgan fingerprint density at radius 2 is 2.20 bits per heavy atom. The van der Waals surface area contributed by atoms with Crippen molar-refractivity contribution < 1.29 is 24.5 Å². The first-order valence-corrected chi connectivity index (χ1v) is 7.60. The van der Waals surface area contributed by atoms with Gasteiger partial charge in [0.1, 0.15) is 12.4 Å². The first kappa shape index (κ1) is 16.7. The van der Waals surface area contributed by atoms with Gasteiger partial charge in [0.25, 0.3) is 5.91 Å². The van der Waals surface area contributed by atoms with Crippen LogP contribution >= 0.6 is 0 Å². The Morgan fingerprint density at radius 3 is 2.96 bits per heavy atom. The minimum Gasteiger partial charge on any atom is -0.505 e. The highest BCUT2D eigenvalue weighted by Crippen LogP contribution is 2.30. The molecule has 0 radical (unpaired) electrons. The predicted molar refractivity (Wildman–Crippen MR) is 88.7 cm³/mol. The smallest absolute Gasteiger partial charge is 0.284 e. The second-order valence-corrected chi connectivity index (χ2v) is 5.39. The number of rotatable bonds is 4. The number of aryl methyl sites for hydroxylation is 1. The maximum absolute atomic E-state index is 12.2. The lowest BCUT2D eigenvalue weighted by Crippen LogP contribution is -2.42. The first-order valence-electron chi connectivity index (χ1n) is 7.60. The van der Waals surface area contributed by atoms with Gasteiger partial charge >= 0.3 is 0 Å². The zero-order chi connectivity index (χ0) is 17.8. The van der Waals surface area contributed by atoms with Gasteiger partial charge in [0.05, 0.1) is 18.5 Å². The van der Waals surface area contributed by atoms with Gasteiger partial charge < -0.3 is 19.7 Å². The molecular weight excluding hydrogens is 326 g/mol. The van der Waals surface area contributed by atoms with E-state index in [1.54, 1.807) is 25.1 Å². The molecule has 1 aliphatic rings. The highest BCUT2D eigenvalue weighted by molar-refractivity contribution is 5.88. The number of nitrogens with zero attached hydrogens (tertiary/aromatic N) is 2. The summed E-state index contributed by atoms with van der Waals surface area (Å²) in [6, 6.07) is 7.07. The van der Waals surface area contributed by atoms with Crippen LogP contribution in [0.5, 0.6) is 17.2 Å². The number of carbonyl (C=O) groups excluding carboxylic acids is 1. The number of para-hydroxylation sites is 2. The summed E-state index contributed by atoms with van der Waals surface area (Å²) in [6.45, 7) is 1.38. The molecule has 0 aliphatic carbocycles. The second-order valence-electron chi connectivity index (χ2n) is 5.39. The van der Waals surface area contributed by atoms with E-state index in [1.807, 2.05) is 6.07 Å². The average molecular weight is 343 g/mol. The SMILES string of the molecule is Cc1ncc(CO)c(/C=N/NC(=O)[C@H]2COc3ccccc3O2)c1O. The Kier molecular flexibility index (Phi) is 4.80. The molecule has 1 aromatic carbocycles. The number of nitrogens with one attached hydrogen (secondary N) is 1. The molecule has 1 aliphatic heterocycles. The standard InChI is InChI=1S/C17H17N3O5/c1-10-16(22)12(11(8-21)6-18-10)7-19-20-17(23)15-9-24-13-4-2-3-5-14(13)25-15/h2-7,15,21-22H,8-9H2,1H3,(H,20,23)/b19-7+/t15-/m1/s1. The summed E-state index contributed by atoms with van der Waals surface area (Å²) in [5.41, 5.74) is 3.42. The van der Waals surface area contributed by atoms with Crippen molar-refractivity contribution in [2.24, 2.45) is 5.10 Å². The molecule has 0 unspecified atom stereocenters. The third kappa shape index (κ3) is 3.53. The molecule has 2 aromatic rings. The third-order valence-electron chi connectivity index (χ3n) is 3.70. The summed E-state index contributed by atoms with van der Waals surface area (Å²) in [7, 11) is 0. The Morgan fingerprint density at radius 1 is 1.44 bits per heavy atom. The van der Waals surface area contributed by atoms with Gasteiger partial charge in [-0.25, -0.2) is 5.43 Å². The van der Waals surface area contributed by atoms with Crippen LogP contribution in [-0.2, 0) is 11.4 Å². The molecule has 8 nitrogen and oxygen atoms in total. The fraction of sp³-hybridized carbons (Fsp3) is 0.235. The molecule has 3 rings (SSSR count). The zero-order valence-electron chi connectivity index (χ0n) is 13.5. The number of aliphatic hydroxyl groups is 1. The molecule has 1 aromatic heterocycles. The molecule has 2 heterocycles. The Hall–Kier alpha value is -3.13. The van der Waals surface area contributed by atoms with Gasteiger partial charge in [0.15, 0.2) is 11.5 Å². The molecule has 1 amide bonds. The first-order chi connectivity index (χ1) is 12.1. The number of aromatic hydroxyl groups is 1. The van der Waals surface area contributed by atoms with Crippen molar-refractivity contribution in [3.8, 4) is 17.2 Å². The summed E-state index contributed by atoms with van der Waals surface area (Å²) >= 11 is 0. The maximum atomic E-state index is 12.2. The van der Waals surface area contributed by atoms with Crippen LogP contribution in [0.1, 0.15) is 16.8 Å². The van der Waals surface area contributed by atoms with E-state index in [9.17, 15) is 15.0 Å². The number of hydrogen-bond donors (Lipinski definition) is 3. The van der Waals surface area contributed by atoms with Crippen LogP contribution in [0.3, 0.4) is 0 Å². The van der Waals surface area contributed by atoms with Gasteiger partial charge in [-0.3, -0.25) is 9.78 Å². The molecule has 130 valence electrons. The van der Waals surface area contributed by atoms with Crippen LogP contribution in [-0.4, -0.2) is 40.0 Å². The lowest BCUT2D eigenvalue weighted by atomic mass is 10.1. The van der Waals surface area contributed by atoms with E-state index >= 15 is 0 Å². The number of pyridine rings is 1. The molecule has 3 N–H and O–H groups in total. The number of carbonyl (C=O) groups is 1. The number of hydrazone groups is 1. The van der Waals surface area contributed by atoms with Crippen molar-refractivity contribution >= 4 is 12.1 Å². The van der Waals surface area contributed by atoms with E-state index in [1.165, 1.54) is 12.4 Å². The van der Waals surface area contributed by atoms with Gasteiger partial charge in [0.2, 0.25) is 6.10 Å². The predicted octanol–water partition coefficient (Wildman–Crippen LogP) is 0.878. The maximum Gasteiger partial charge on any atom is 0.284 e. The Bertz CT molecular complexity index is 822. The monoisotopic (exact) mass is 343 g/mol. The Balaban J connectivity index is 1.67. The summed E-state index contributed by atoms with van der Waals surface area (Å²) in [5.74, 6) is 0.486. The summed E-state index contributed by atoms with van der Waals surface area (Å²) in [6.07, 6.45) is 1.86.